The van der Waals surface area contributed by atoms with E-state index >= 15 is 0 Å². The van der Waals surface area contributed by atoms with E-state index in [9.17, 15) is 4.79 Å². The molecule has 162 valence electrons. The van der Waals surface area contributed by atoms with Gasteiger partial charge in [0.2, 0.25) is 0 Å². The first-order chi connectivity index (χ1) is 14.7. The van der Waals surface area contributed by atoms with Crippen LogP contribution in [-0.2, 0) is 13.0 Å². The zero-order chi connectivity index (χ0) is 20.8. The average molecular weight is 411 g/mol. The highest BCUT2D eigenvalue weighted by Gasteiger charge is 2.25. The number of carbonyl (C=O) groups is 1. The number of carbonyl (C=O) groups excluding carboxylic acids is 1. The summed E-state index contributed by atoms with van der Waals surface area (Å²) in [5.41, 5.74) is 1.83. The van der Waals surface area contributed by atoms with Crippen molar-refractivity contribution in [3.05, 3.63) is 53.4 Å². The lowest BCUT2D eigenvalue weighted by atomic mass is 9.90. The topological polar surface area (TPSA) is 61.6 Å². The van der Waals surface area contributed by atoms with E-state index in [-0.39, 0.29) is 5.91 Å². The smallest absolute Gasteiger partial charge is 0.273 e. The van der Waals surface area contributed by atoms with E-state index in [2.05, 4.69) is 57.5 Å². The molecule has 30 heavy (non-hydrogen) atoms. The van der Waals surface area contributed by atoms with Crippen LogP contribution in [0.2, 0.25) is 0 Å². The van der Waals surface area contributed by atoms with Crippen LogP contribution in [0.4, 0.5) is 0 Å². The Bertz CT molecular complexity index is 799. The van der Waals surface area contributed by atoms with Crippen LogP contribution in [0.5, 0.6) is 0 Å². The number of likely N-dealkylation sites (N-methyl/N-ethyl adjacent to an activating group) is 1. The second-order valence-corrected chi connectivity index (χ2v) is 8.72. The third-order valence-electron chi connectivity index (χ3n) is 6.65. The predicted octanol–water partition coefficient (Wildman–Crippen LogP) is 3.34. The van der Waals surface area contributed by atoms with Crippen molar-refractivity contribution < 1.29 is 9.32 Å². The van der Waals surface area contributed by atoms with Gasteiger partial charge in [-0.1, -0.05) is 42.4 Å². The van der Waals surface area contributed by atoms with Gasteiger partial charge < -0.3 is 9.84 Å². The number of amides is 1. The Morgan fingerprint density at radius 1 is 1.17 bits per heavy atom. The normalized spacial score (nSPS) is 21.2. The molecule has 4 rings (SSSR count). The first-order valence-electron chi connectivity index (χ1n) is 11.5. The molecule has 6 nitrogen and oxygen atoms in total. The van der Waals surface area contributed by atoms with Crippen LogP contribution >= 0.6 is 0 Å². The molecule has 0 saturated carbocycles. The highest BCUT2D eigenvalue weighted by molar-refractivity contribution is 5.92. The number of nitrogens with zero attached hydrogens (tertiary/aromatic N) is 3. The van der Waals surface area contributed by atoms with Crippen LogP contribution in [0.3, 0.4) is 0 Å². The quantitative estimate of drug-likeness (QED) is 0.723. The molecule has 0 unspecified atom stereocenters. The molecule has 2 saturated heterocycles. The summed E-state index contributed by atoms with van der Waals surface area (Å²) in [5.74, 6) is 1.39. The standard InChI is InChI=1S/C24H34N4O2/c1-2-28-12-6-9-21(28)17-25-24(29)23-16-22(30-26-23)18-27-13-10-20(11-14-27)15-19-7-4-3-5-8-19/h3-5,7-8,16,20-21H,2,6,9-15,17-18H2,1H3,(H,25,29)/t21-/m1/s1. The minimum Gasteiger partial charge on any atom is -0.359 e. The largest absolute Gasteiger partial charge is 0.359 e. The van der Waals surface area contributed by atoms with Crippen molar-refractivity contribution in [1.29, 1.82) is 0 Å². The SMILES string of the molecule is CCN1CCC[C@@H]1CNC(=O)c1cc(CN2CCC(Cc3ccccc3)CC2)on1. The van der Waals surface area contributed by atoms with Gasteiger partial charge in [0.05, 0.1) is 6.54 Å². The zero-order valence-electron chi connectivity index (χ0n) is 18.1. The number of hydrogen-bond acceptors (Lipinski definition) is 5. The third kappa shape index (κ3) is 5.49. The molecule has 6 heteroatoms. The molecule has 3 heterocycles. The Balaban J connectivity index is 1.20. The van der Waals surface area contributed by atoms with Crippen molar-refractivity contribution in [2.24, 2.45) is 5.92 Å². The lowest BCUT2D eigenvalue weighted by Gasteiger charge is -2.31. The van der Waals surface area contributed by atoms with E-state index in [1.807, 2.05) is 0 Å². The summed E-state index contributed by atoms with van der Waals surface area (Å²) in [6, 6.07) is 13.0. The Morgan fingerprint density at radius 3 is 2.73 bits per heavy atom. The number of aromatic nitrogens is 1. The molecule has 0 aliphatic carbocycles. The minimum atomic E-state index is -0.130. The number of hydrogen-bond donors (Lipinski definition) is 1. The molecule has 2 aromatic rings. The first-order valence-corrected chi connectivity index (χ1v) is 11.5. The van der Waals surface area contributed by atoms with Gasteiger partial charge in [-0.25, -0.2) is 0 Å². The third-order valence-corrected chi connectivity index (χ3v) is 6.65. The Hall–Kier alpha value is -2.18. The number of nitrogens with one attached hydrogen (secondary N) is 1. The highest BCUT2D eigenvalue weighted by Crippen LogP contribution is 2.23. The van der Waals surface area contributed by atoms with Crippen molar-refractivity contribution in [2.75, 3.05) is 32.7 Å². The second kappa shape index (κ2) is 10.2. The molecule has 0 radical (unpaired) electrons. The number of rotatable bonds is 8. The van der Waals surface area contributed by atoms with Crippen molar-refractivity contribution in [3.63, 3.8) is 0 Å². The van der Waals surface area contributed by atoms with Gasteiger partial charge in [-0.15, -0.1) is 0 Å². The van der Waals surface area contributed by atoms with Crippen molar-refractivity contribution in [2.45, 2.75) is 51.6 Å². The summed E-state index contributed by atoms with van der Waals surface area (Å²) < 4.78 is 5.46. The van der Waals surface area contributed by atoms with Crippen molar-refractivity contribution in [1.82, 2.24) is 20.3 Å². The lowest BCUT2D eigenvalue weighted by Crippen LogP contribution is -2.40. The van der Waals surface area contributed by atoms with Crippen LogP contribution in [0.25, 0.3) is 0 Å². The average Bonchev–Trinajstić information content (AvgIpc) is 3.43. The molecule has 0 spiro atoms. The summed E-state index contributed by atoms with van der Waals surface area (Å²) >= 11 is 0. The first kappa shape index (κ1) is 21.1. The number of piperidine rings is 1. The summed E-state index contributed by atoms with van der Waals surface area (Å²) in [7, 11) is 0. The fraction of sp³-hybridized carbons (Fsp3) is 0.583. The fourth-order valence-electron chi connectivity index (χ4n) is 4.85. The fourth-order valence-corrected chi connectivity index (χ4v) is 4.85. The summed E-state index contributed by atoms with van der Waals surface area (Å²) in [6.07, 6.45) is 5.93. The van der Waals surface area contributed by atoms with E-state index in [0.29, 0.717) is 18.3 Å². The molecule has 2 aliphatic heterocycles. The summed E-state index contributed by atoms with van der Waals surface area (Å²) in [4.78, 5) is 17.3. The molecule has 0 bridgehead atoms. The monoisotopic (exact) mass is 410 g/mol. The number of benzene rings is 1. The van der Waals surface area contributed by atoms with Gasteiger partial charge in [0.25, 0.3) is 5.91 Å². The lowest BCUT2D eigenvalue weighted by molar-refractivity contribution is 0.0932. The van der Waals surface area contributed by atoms with Gasteiger partial charge >= 0.3 is 0 Å². The maximum absolute atomic E-state index is 12.5. The molecular formula is C24H34N4O2. The van der Waals surface area contributed by atoms with Crippen LogP contribution in [0, 0.1) is 5.92 Å². The minimum absolute atomic E-state index is 0.130. The zero-order valence-corrected chi connectivity index (χ0v) is 18.1. The predicted molar refractivity (Wildman–Crippen MR) is 117 cm³/mol. The summed E-state index contributed by atoms with van der Waals surface area (Å²) in [5, 5.41) is 7.04. The molecule has 2 fully saturated rings. The molecule has 1 N–H and O–H groups in total. The maximum atomic E-state index is 12.5. The summed E-state index contributed by atoms with van der Waals surface area (Å²) in [6.45, 7) is 7.88. The van der Waals surface area contributed by atoms with Gasteiger partial charge in [0, 0.05) is 18.7 Å². The Morgan fingerprint density at radius 2 is 1.97 bits per heavy atom. The van der Waals surface area contributed by atoms with Gasteiger partial charge in [-0.05, 0) is 69.8 Å². The molecule has 1 aromatic carbocycles. The van der Waals surface area contributed by atoms with Gasteiger partial charge in [0.1, 0.15) is 0 Å². The van der Waals surface area contributed by atoms with Gasteiger partial charge in [-0.3, -0.25) is 14.6 Å². The van der Waals surface area contributed by atoms with Crippen molar-refractivity contribution in [3.8, 4) is 0 Å². The molecule has 1 aromatic heterocycles. The highest BCUT2D eigenvalue weighted by atomic mass is 16.5. The maximum Gasteiger partial charge on any atom is 0.273 e. The van der Waals surface area contributed by atoms with Gasteiger partial charge in [0.15, 0.2) is 11.5 Å². The molecule has 1 atom stereocenters. The van der Waals surface area contributed by atoms with E-state index in [4.69, 9.17) is 4.52 Å². The van der Waals surface area contributed by atoms with E-state index in [1.165, 1.54) is 24.8 Å². The van der Waals surface area contributed by atoms with Gasteiger partial charge in [-0.2, -0.15) is 0 Å². The molecule has 1 amide bonds. The van der Waals surface area contributed by atoms with E-state index < -0.39 is 0 Å². The van der Waals surface area contributed by atoms with Crippen LogP contribution < -0.4 is 5.32 Å². The Labute approximate surface area is 179 Å². The van der Waals surface area contributed by atoms with E-state index in [0.717, 1.165) is 57.2 Å². The molecule has 2 aliphatic rings. The second-order valence-electron chi connectivity index (χ2n) is 8.72. The number of likely N-dealkylation sites (tertiary alicyclic amines) is 2. The van der Waals surface area contributed by atoms with E-state index in [1.54, 1.807) is 6.07 Å². The molecular weight excluding hydrogens is 376 g/mol. The van der Waals surface area contributed by atoms with Crippen LogP contribution in [-0.4, -0.2) is 59.6 Å². The van der Waals surface area contributed by atoms with Crippen LogP contribution in [0.15, 0.2) is 40.9 Å². The van der Waals surface area contributed by atoms with Crippen LogP contribution in [0.1, 0.15) is 54.4 Å². The Kier molecular flexibility index (Phi) is 7.18. The van der Waals surface area contributed by atoms with Crippen molar-refractivity contribution >= 4 is 5.91 Å².